The molecule has 2 bridgehead atoms. The molecule has 172 valence electrons. The number of rotatable bonds is 6. The van der Waals surface area contributed by atoms with E-state index in [0.717, 1.165) is 35.9 Å². The van der Waals surface area contributed by atoms with Crippen LogP contribution in [0.1, 0.15) is 68.5 Å². The van der Waals surface area contributed by atoms with Gasteiger partial charge in [0.1, 0.15) is 12.1 Å². The van der Waals surface area contributed by atoms with Gasteiger partial charge in [-0.1, -0.05) is 73.5 Å². The smallest absolute Gasteiger partial charge is 0.314 e. The Labute approximate surface area is 210 Å². The van der Waals surface area contributed by atoms with Crippen molar-refractivity contribution in [3.63, 3.8) is 0 Å². The van der Waals surface area contributed by atoms with Crippen molar-refractivity contribution in [1.29, 1.82) is 0 Å². The fourth-order valence-electron chi connectivity index (χ4n) is 6.95. The Morgan fingerprint density at radius 1 is 0.906 bits per heavy atom. The third-order valence-corrected chi connectivity index (χ3v) is 8.77. The molecular formula is C28H36INO2. The van der Waals surface area contributed by atoms with Gasteiger partial charge < -0.3 is 33.2 Å². The van der Waals surface area contributed by atoms with Crippen LogP contribution < -0.4 is 24.0 Å². The molecule has 5 rings (SSSR count). The van der Waals surface area contributed by atoms with Crippen LogP contribution in [0.25, 0.3) is 0 Å². The van der Waals surface area contributed by atoms with E-state index in [4.69, 9.17) is 4.74 Å². The van der Waals surface area contributed by atoms with Crippen LogP contribution in [0.5, 0.6) is 0 Å². The Hall–Kier alpha value is -1.40. The third-order valence-electron chi connectivity index (χ3n) is 8.77. The summed E-state index contributed by atoms with van der Waals surface area (Å²) in [4.78, 5) is 13.6. The van der Waals surface area contributed by atoms with E-state index in [9.17, 15) is 4.79 Å². The van der Waals surface area contributed by atoms with E-state index in [-0.39, 0.29) is 42.0 Å². The lowest BCUT2D eigenvalue weighted by Crippen LogP contribution is -3.00. The number of piperidine rings is 1. The highest BCUT2D eigenvalue weighted by atomic mass is 127. The summed E-state index contributed by atoms with van der Waals surface area (Å²) in [5, 5.41) is 0. The van der Waals surface area contributed by atoms with E-state index in [2.05, 4.69) is 68.6 Å². The van der Waals surface area contributed by atoms with Gasteiger partial charge in [-0.3, -0.25) is 4.79 Å². The Kier molecular flexibility index (Phi) is 7.30. The number of ether oxygens (including phenoxy) is 1. The lowest BCUT2D eigenvalue weighted by molar-refractivity contribution is -0.954. The van der Waals surface area contributed by atoms with Gasteiger partial charge >= 0.3 is 5.97 Å². The Morgan fingerprint density at radius 3 is 2.12 bits per heavy atom. The summed E-state index contributed by atoms with van der Waals surface area (Å²) in [6, 6.07) is 22.0. The van der Waals surface area contributed by atoms with Crippen molar-refractivity contribution in [3.8, 4) is 0 Å². The quantitative estimate of drug-likeness (QED) is 0.317. The van der Waals surface area contributed by atoms with Gasteiger partial charge in [0, 0.05) is 12.0 Å². The van der Waals surface area contributed by atoms with E-state index in [0.29, 0.717) is 23.9 Å². The molecule has 4 unspecified atom stereocenters. The zero-order valence-corrected chi connectivity index (χ0v) is 21.5. The van der Waals surface area contributed by atoms with Crippen LogP contribution >= 0.6 is 0 Å². The Bertz CT molecular complexity index is 898. The van der Waals surface area contributed by atoms with E-state index in [1.807, 2.05) is 6.07 Å². The van der Waals surface area contributed by atoms with Crippen LogP contribution in [0.2, 0.25) is 0 Å². The number of halogens is 1. The maximum Gasteiger partial charge on any atom is 0.314 e. The molecule has 0 aromatic heterocycles. The van der Waals surface area contributed by atoms with Crippen molar-refractivity contribution in [3.05, 3.63) is 71.8 Å². The molecule has 2 aromatic carbocycles. The molecule has 0 spiro atoms. The number of likely N-dealkylation sites (tertiary alicyclic amines) is 1. The van der Waals surface area contributed by atoms with E-state index < -0.39 is 0 Å². The molecule has 3 aliphatic rings. The van der Waals surface area contributed by atoms with Crippen molar-refractivity contribution in [2.24, 2.45) is 11.8 Å². The number of nitrogens with zero attached hydrogens (tertiary/aromatic N) is 1. The van der Waals surface area contributed by atoms with Crippen LogP contribution in [-0.4, -0.2) is 36.2 Å². The maximum absolute atomic E-state index is 13.6. The lowest BCUT2D eigenvalue weighted by Gasteiger charge is -2.43. The van der Waals surface area contributed by atoms with E-state index in [1.165, 1.54) is 24.8 Å². The third kappa shape index (κ3) is 4.25. The summed E-state index contributed by atoms with van der Waals surface area (Å²) in [7, 11) is 2.38. The normalized spacial score (nSPS) is 31.1. The first-order valence-corrected chi connectivity index (χ1v) is 12.2. The monoisotopic (exact) mass is 545 g/mol. The Balaban J connectivity index is 0.00000245. The SMILES string of the molecule is C[C@@H](c1ccccc1)[N+]1(C)CC2CC[C@@H]1C2OC(=O)C(c1ccccc1)C1CCCC1.[I-]. The molecule has 3 nitrogen and oxygen atoms in total. The molecular weight excluding hydrogens is 509 g/mol. The summed E-state index contributed by atoms with van der Waals surface area (Å²) in [6.07, 6.45) is 7.18. The number of hydrogen-bond acceptors (Lipinski definition) is 2. The van der Waals surface area contributed by atoms with Crippen molar-refractivity contribution < 1.29 is 38.0 Å². The number of fused-ring (bicyclic) bond motifs is 2. The highest BCUT2D eigenvalue weighted by molar-refractivity contribution is 5.79. The number of likely N-dealkylation sites (N-methyl/N-ethyl adjacent to an activating group) is 1. The molecule has 2 saturated carbocycles. The maximum atomic E-state index is 13.6. The fourth-order valence-corrected chi connectivity index (χ4v) is 6.95. The van der Waals surface area contributed by atoms with Crippen LogP contribution in [0.3, 0.4) is 0 Å². The first kappa shape index (κ1) is 23.7. The van der Waals surface area contributed by atoms with Crippen LogP contribution in [0.4, 0.5) is 0 Å². The number of carbonyl (C=O) groups is 1. The number of esters is 1. The van der Waals surface area contributed by atoms with E-state index >= 15 is 0 Å². The first-order chi connectivity index (χ1) is 15.1. The summed E-state index contributed by atoms with van der Waals surface area (Å²) >= 11 is 0. The summed E-state index contributed by atoms with van der Waals surface area (Å²) in [5.41, 5.74) is 2.52. The second-order valence-corrected chi connectivity index (χ2v) is 10.4. The van der Waals surface area contributed by atoms with Gasteiger partial charge in [0.05, 0.1) is 25.4 Å². The zero-order chi connectivity index (χ0) is 21.4. The lowest BCUT2D eigenvalue weighted by atomic mass is 9.85. The molecule has 32 heavy (non-hydrogen) atoms. The van der Waals surface area contributed by atoms with Gasteiger partial charge in [-0.25, -0.2) is 0 Å². The van der Waals surface area contributed by atoms with Gasteiger partial charge in [-0.05, 0) is 37.7 Å². The van der Waals surface area contributed by atoms with Crippen molar-refractivity contribution in [2.75, 3.05) is 13.6 Å². The molecule has 0 amide bonds. The molecule has 2 aliphatic carbocycles. The van der Waals surface area contributed by atoms with Crippen molar-refractivity contribution in [1.82, 2.24) is 0 Å². The average molecular weight is 546 g/mol. The minimum absolute atomic E-state index is 0. The summed E-state index contributed by atoms with van der Waals surface area (Å²) < 4.78 is 7.45. The molecule has 4 heteroatoms. The average Bonchev–Trinajstić information content (AvgIpc) is 3.51. The van der Waals surface area contributed by atoms with Gasteiger partial charge in [-0.15, -0.1) is 0 Å². The molecule has 0 radical (unpaired) electrons. The first-order valence-electron chi connectivity index (χ1n) is 12.2. The van der Waals surface area contributed by atoms with Crippen molar-refractivity contribution in [2.45, 2.75) is 69.6 Å². The van der Waals surface area contributed by atoms with Gasteiger partial charge in [0.15, 0.2) is 6.10 Å². The highest BCUT2D eigenvalue weighted by Crippen LogP contribution is 2.49. The number of hydrogen-bond donors (Lipinski definition) is 0. The predicted octanol–water partition coefficient (Wildman–Crippen LogP) is 2.88. The van der Waals surface area contributed by atoms with Gasteiger partial charge in [-0.2, -0.15) is 0 Å². The largest absolute Gasteiger partial charge is 1.00 e. The summed E-state index contributed by atoms with van der Waals surface area (Å²) in [5.74, 6) is 0.845. The second-order valence-electron chi connectivity index (χ2n) is 10.4. The van der Waals surface area contributed by atoms with Gasteiger partial charge in [0.25, 0.3) is 0 Å². The summed E-state index contributed by atoms with van der Waals surface area (Å²) in [6.45, 7) is 3.46. The molecule has 3 fully saturated rings. The van der Waals surface area contributed by atoms with Crippen molar-refractivity contribution >= 4 is 5.97 Å². The molecule has 1 heterocycles. The molecule has 1 aliphatic heterocycles. The van der Waals surface area contributed by atoms with Crippen LogP contribution in [0, 0.1) is 11.8 Å². The van der Waals surface area contributed by atoms with E-state index in [1.54, 1.807) is 0 Å². The molecule has 1 saturated heterocycles. The fraction of sp³-hybridized carbons (Fsp3) is 0.536. The zero-order valence-electron chi connectivity index (χ0n) is 19.3. The number of carbonyl (C=O) groups excluding carboxylic acids is 1. The number of benzene rings is 2. The minimum Gasteiger partial charge on any atom is -1.00 e. The molecule has 0 N–H and O–H groups in total. The second kappa shape index (κ2) is 9.84. The topological polar surface area (TPSA) is 26.3 Å². The van der Waals surface area contributed by atoms with Crippen LogP contribution in [0.15, 0.2) is 60.7 Å². The van der Waals surface area contributed by atoms with Crippen LogP contribution in [-0.2, 0) is 9.53 Å². The standard InChI is InChI=1S/C28H36NO2.HI/c1-20(21-11-5-3-6-12-21)29(2)19-24-17-18-25(29)27(24)31-28(30)26(23-15-9-10-16-23)22-13-7-4-8-14-22;/h3-8,11-14,20,23-27H,9-10,15-19H2,1-2H3;1H/q+1;/p-1/t20-,24?,25+,26?,27?,29?;/m0./s1. The van der Waals surface area contributed by atoms with Gasteiger partial charge in [0.2, 0.25) is 0 Å². The highest BCUT2D eigenvalue weighted by Gasteiger charge is 2.60. The molecule has 6 atom stereocenters. The minimum atomic E-state index is -0.103. The predicted molar refractivity (Wildman–Crippen MR) is 123 cm³/mol. The molecule has 2 aromatic rings. The Morgan fingerprint density at radius 2 is 1.50 bits per heavy atom. The number of quaternary nitrogens is 1.